The van der Waals surface area contributed by atoms with Crippen LogP contribution in [-0.4, -0.2) is 20.2 Å². The van der Waals surface area contributed by atoms with E-state index in [9.17, 15) is 4.79 Å². The summed E-state index contributed by atoms with van der Waals surface area (Å²) in [5, 5.41) is 2.56. The molecule has 0 aromatic carbocycles. The first-order chi connectivity index (χ1) is 8.36. The average molecular weight is 279 g/mol. The van der Waals surface area contributed by atoms with Crippen molar-refractivity contribution in [3.05, 3.63) is 28.7 Å². The van der Waals surface area contributed by atoms with E-state index in [1.54, 1.807) is 18.5 Å². The van der Waals surface area contributed by atoms with Crippen LogP contribution in [0.2, 0.25) is 0 Å². The number of amides is 1. The predicted octanol–water partition coefficient (Wildman–Crippen LogP) is 2.26. The molecule has 1 N–H and O–H groups in total. The molecule has 1 amide bonds. The lowest BCUT2D eigenvalue weighted by Gasteiger charge is -2.16. The highest BCUT2D eigenvalue weighted by atomic mass is 32.2. The topological polar surface area (TPSA) is 54.9 Å². The molecule has 1 aromatic rings. The molecule has 0 saturated carbocycles. The van der Waals surface area contributed by atoms with Gasteiger partial charge in [-0.1, -0.05) is 44.8 Å². The number of carbonyl (C=O) groups excluding carboxylic acids is 1. The summed E-state index contributed by atoms with van der Waals surface area (Å²) in [6, 6.07) is 0. The lowest BCUT2D eigenvalue weighted by Crippen LogP contribution is -2.17. The summed E-state index contributed by atoms with van der Waals surface area (Å²) in [7, 11) is 0. The Labute approximate surface area is 115 Å². The minimum Gasteiger partial charge on any atom is -0.307 e. The third kappa shape index (κ3) is 2.94. The molecule has 1 aliphatic heterocycles. The maximum absolute atomic E-state index is 11.5. The summed E-state index contributed by atoms with van der Waals surface area (Å²) in [6.07, 6.45) is 5.10. The molecule has 0 unspecified atom stereocenters. The van der Waals surface area contributed by atoms with Gasteiger partial charge in [0.1, 0.15) is 4.32 Å². The first kappa shape index (κ1) is 13.2. The molecule has 6 heteroatoms. The van der Waals surface area contributed by atoms with Gasteiger partial charge >= 0.3 is 0 Å². The number of aromatic nitrogens is 2. The number of hydrogen-bond donors (Lipinski definition) is 1. The first-order valence-corrected chi connectivity index (χ1v) is 6.66. The van der Waals surface area contributed by atoms with E-state index in [-0.39, 0.29) is 11.3 Å². The first-order valence-electron chi connectivity index (χ1n) is 5.43. The zero-order valence-electron chi connectivity index (χ0n) is 10.4. The van der Waals surface area contributed by atoms with Crippen molar-refractivity contribution in [3.63, 3.8) is 0 Å². The molecule has 0 atom stereocenters. The van der Waals surface area contributed by atoms with E-state index in [0.29, 0.717) is 14.9 Å². The zero-order chi connectivity index (χ0) is 13.3. The standard InChI is InChI=1S/C12H13N3OS2/c1-12(2,3)9-6-13-7(5-14-9)4-8-10(16)15-11(17)18-8/h4-6H,1-3H3,(H,15,16,17)/b8-4-. The Morgan fingerprint density at radius 1 is 1.33 bits per heavy atom. The molecular formula is C12H13N3OS2. The normalized spacial score (nSPS) is 18.3. The zero-order valence-corrected chi connectivity index (χ0v) is 12.0. The van der Waals surface area contributed by atoms with Crippen molar-refractivity contribution in [2.45, 2.75) is 26.2 Å². The van der Waals surface area contributed by atoms with Crippen LogP contribution in [-0.2, 0) is 10.2 Å². The van der Waals surface area contributed by atoms with Crippen molar-refractivity contribution < 1.29 is 4.79 Å². The van der Waals surface area contributed by atoms with E-state index >= 15 is 0 Å². The maximum atomic E-state index is 11.5. The van der Waals surface area contributed by atoms with E-state index in [4.69, 9.17) is 12.2 Å². The third-order valence-corrected chi connectivity index (χ3v) is 3.52. The number of hydrogen-bond acceptors (Lipinski definition) is 5. The van der Waals surface area contributed by atoms with Gasteiger partial charge in [0.25, 0.3) is 5.91 Å². The van der Waals surface area contributed by atoms with Gasteiger partial charge in [-0.2, -0.15) is 0 Å². The van der Waals surface area contributed by atoms with Gasteiger partial charge in [-0.05, 0) is 6.08 Å². The summed E-state index contributed by atoms with van der Waals surface area (Å²) in [6.45, 7) is 6.23. The van der Waals surface area contributed by atoms with Gasteiger partial charge in [0.15, 0.2) is 0 Å². The molecule has 94 valence electrons. The van der Waals surface area contributed by atoms with Crippen LogP contribution in [0.4, 0.5) is 0 Å². The summed E-state index contributed by atoms with van der Waals surface area (Å²) in [5.41, 5.74) is 1.55. The largest absolute Gasteiger partial charge is 0.307 e. The maximum Gasteiger partial charge on any atom is 0.263 e. The predicted molar refractivity (Wildman–Crippen MR) is 77.0 cm³/mol. The molecule has 1 saturated heterocycles. The Bertz CT molecular complexity index is 529. The van der Waals surface area contributed by atoms with E-state index in [1.165, 1.54) is 11.8 Å². The molecular weight excluding hydrogens is 266 g/mol. The van der Waals surface area contributed by atoms with Crippen molar-refractivity contribution in [1.29, 1.82) is 0 Å². The summed E-state index contributed by atoms with van der Waals surface area (Å²) >= 11 is 6.16. The van der Waals surface area contributed by atoms with Gasteiger partial charge in [0.05, 0.1) is 22.5 Å². The van der Waals surface area contributed by atoms with Crippen LogP contribution in [0.5, 0.6) is 0 Å². The number of rotatable bonds is 1. The Morgan fingerprint density at radius 3 is 2.50 bits per heavy atom. The SMILES string of the molecule is CC(C)(C)c1cnc(/C=C2\SC(=S)NC2=O)cn1. The Balaban J connectivity index is 2.24. The van der Waals surface area contributed by atoms with Crippen molar-refractivity contribution in [2.24, 2.45) is 0 Å². The highest BCUT2D eigenvalue weighted by Crippen LogP contribution is 2.25. The van der Waals surface area contributed by atoms with Crippen LogP contribution in [0, 0.1) is 0 Å². The van der Waals surface area contributed by atoms with E-state index in [1.807, 2.05) is 0 Å². The smallest absolute Gasteiger partial charge is 0.263 e. The quantitative estimate of drug-likeness (QED) is 0.631. The molecule has 0 aliphatic carbocycles. The minimum absolute atomic E-state index is 0.0281. The molecule has 0 bridgehead atoms. The van der Waals surface area contributed by atoms with Crippen molar-refractivity contribution in [2.75, 3.05) is 0 Å². The van der Waals surface area contributed by atoms with Crippen LogP contribution in [0.3, 0.4) is 0 Å². The molecule has 1 aromatic heterocycles. The van der Waals surface area contributed by atoms with E-state index in [2.05, 4.69) is 36.1 Å². The van der Waals surface area contributed by atoms with Crippen molar-refractivity contribution >= 4 is 40.3 Å². The van der Waals surface area contributed by atoms with Gasteiger partial charge in [-0.15, -0.1) is 0 Å². The van der Waals surface area contributed by atoms with E-state index in [0.717, 1.165) is 5.69 Å². The fraction of sp³-hybridized carbons (Fsp3) is 0.333. The van der Waals surface area contributed by atoms with Crippen LogP contribution >= 0.6 is 24.0 Å². The van der Waals surface area contributed by atoms with Crippen molar-refractivity contribution in [1.82, 2.24) is 15.3 Å². The minimum atomic E-state index is -0.174. The molecule has 1 fully saturated rings. The molecule has 1 aliphatic rings. The van der Waals surface area contributed by atoms with Gasteiger partial charge < -0.3 is 5.32 Å². The lowest BCUT2D eigenvalue weighted by atomic mass is 9.93. The molecule has 4 nitrogen and oxygen atoms in total. The second-order valence-corrected chi connectivity index (χ2v) is 6.65. The highest BCUT2D eigenvalue weighted by Gasteiger charge is 2.22. The third-order valence-electron chi connectivity index (χ3n) is 2.36. The molecule has 18 heavy (non-hydrogen) atoms. The highest BCUT2D eigenvalue weighted by molar-refractivity contribution is 8.26. The number of thiocarbonyl (C=S) groups is 1. The fourth-order valence-electron chi connectivity index (χ4n) is 1.36. The van der Waals surface area contributed by atoms with Crippen LogP contribution in [0.1, 0.15) is 32.2 Å². The van der Waals surface area contributed by atoms with Crippen molar-refractivity contribution in [3.8, 4) is 0 Å². The summed E-state index contributed by atoms with van der Waals surface area (Å²) in [5.74, 6) is -0.174. The average Bonchev–Trinajstić information content (AvgIpc) is 2.57. The monoisotopic (exact) mass is 279 g/mol. The Kier molecular flexibility index (Phi) is 3.49. The van der Waals surface area contributed by atoms with Crippen LogP contribution in [0.15, 0.2) is 17.3 Å². The number of nitrogens with zero attached hydrogens (tertiary/aromatic N) is 2. The van der Waals surface area contributed by atoms with Crippen LogP contribution < -0.4 is 5.32 Å². The van der Waals surface area contributed by atoms with Gasteiger partial charge in [-0.25, -0.2) is 0 Å². The van der Waals surface area contributed by atoms with Gasteiger partial charge in [-0.3, -0.25) is 14.8 Å². The number of nitrogens with one attached hydrogen (secondary N) is 1. The van der Waals surface area contributed by atoms with Gasteiger partial charge in [0, 0.05) is 11.6 Å². The Hall–Kier alpha value is -1.27. The number of carbonyl (C=O) groups is 1. The summed E-state index contributed by atoms with van der Waals surface area (Å²) < 4.78 is 0.477. The second-order valence-electron chi connectivity index (χ2n) is 4.93. The molecule has 2 heterocycles. The van der Waals surface area contributed by atoms with Gasteiger partial charge in [0.2, 0.25) is 0 Å². The molecule has 0 radical (unpaired) electrons. The molecule has 0 spiro atoms. The Morgan fingerprint density at radius 2 is 2.06 bits per heavy atom. The van der Waals surface area contributed by atoms with Crippen LogP contribution in [0.25, 0.3) is 6.08 Å². The summed E-state index contributed by atoms with van der Waals surface area (Å²) in [4.78, 5) is 20.7. The lowest BCUT2D eigenvalue weighted by molar-refractivity contribution is -0.115. The fourth-order valence-corrected chi connectivity index (χ4v) is 2.38. The van der Waals surface area contributed by atoms with E-state index < -0.39 is 0 Å². The number of thioether (sulfide) groups is 1. The second kappa shape index (κ2) is 4.78. The molecule has 2 rings (SSSR count).